The minimum Gasteiger partial charge on any atom is -0.387 e. The monoisotopic (exact) mass is 320 g/mol. The van der Waals surface area contributed by atoms with E-state index >= 15 is 0 Å². The molecule has 1 aromatic heterocycles. The molecule has 0 aliphatic carbocycles. The zero-order valence-corrected chi connectivity index (χ0v) is 12.6. The molecule has 1 aliphatic heterocycles. The van der Waals surface area contributed by atoms with Crippen LogP contribution in [-0.2, 0) is 0 Å². The van der Waals surface area contributed by atoms with Crippen LogP contribution >= 0.6 is 0 Å². The van der Waals surface area contributed by atoms with Crippen LogP contribution in [0.2, 0.25) is 0 Å². The lowest BCUT2D eigenvalue weighted by Crippen LogP contribution is -2.48. The fourth-order valence-corrected chi connectivity index (χ4v) is 2.78. The van der Waals surface area contributed by atoms with Gasteiger partial charge in [-0.25, -0.2) is 13.8 Å². The minimum atomic E-state index is -1.18. The summed E-state index contributed by atoms with van der Waals surface area (Å²) in [5, 5.41) is 10.2. The van der Waals surface area contributed by atoms with Gasteiger partial charge in [0.05, 0.1) is 17.9 Å². The quantitative estimate of drug-likeness (QED) is 0.927. The fourth-order valence-electron chi connectivity index (χ4n) is 2.78. The largest absolute Gasteiger partial charge is 0.387 e. The van der Waals surface area contributed by atoms with Crippen molar-refractivity contribution in [3.8, 4) is 0 Å². The summed E-state index contributed by atoms with van der Waals surface area (Å²) in [7, 11) is 0. The van der Waals surface area contributed by atoms with Crippen LogP contribution in [0.15, 0.2) is 36.8 Å². The van der Waals surface area contributed by atoms with E-state index in [1.54, 1.807) is 18.6 Å². The number of aliphatic hydroxyl groups excluding tert-OH is 1. The summed E-state index contributed by atoms with van der Waals surface area (Å²) in [4.78, 5) is 12.4. The Morgan fingerprint density at radius 3 is 2.39 bits per heavy atom. The zero-order chi connectivity index (χ0) is 16.2. The molecule has 2 heterocycles. The molecular weight excluding hydrogens is 302 g/mol. The number of benzene rings is 1. The van der Waals surface area contributed by atoms with Crippen LogP contribution in [0, 0.1) is 11.6 Å². The number of piperazine rings is 1. The number of hydrogen-bond acceptors (Lipinski definition) is 5. The van der Waals surface area contributed by atoms with Crippen LogP contribution in [0.1, 0.15) is 11.7 Å². The van der Waals surface area contributed by atoms with Gasteiger partial charge in [-0.3, -0.25) is 9.88 Å². The molecule has 1 unspecified atom stereocenters. The van der Waals surface area contributed by atoms with Gasteiger partial charge in [-0.1, -0.05) is 6.07 Å². The van der Waals surface area contributed by atoms with Crippen LogP contribution in [0.4, 0.5) is 14.6 Å². The number of β-amino-alcohol motifs (C(OH)–C–C–N with tert-alkyl or cyclic N) is 1. The van der Waals surface area contributed by atoms with Crippen LogP contribution in [0.5, 0.6) is 0 Å². The molecule has 0 bridgehead atoms. The number of rotatable bonds is 4. The van der Waals surface area contributed by atoms with E-state index in [0.29, 0.717) is 13.1 Å². The second-order valence-electron chi connectivity index (χ2n) is 5.50. The molecule has 1 fully saturated rings. The molecule has 1 aromatic carbocycles. The Bertz CT molecular complexity index is 628. The lowest BCUT2D eigenvalue weighted by Gasteiger charge is -2.36. The summed E-state index contributed by atoms with van der Waals surface area (Å²) in [6.07, 6.45) is 3.80. The van der Waals surface area contributed by atoms with Gasteiger partial charge >= 0.3 is 0 Å². The number of anilines is 1. The number of aromatic nitrogens is 2. The minimum absolute atomic E-state index is 0.201. The van der Waals surface area contributed by atoms with Crippen LogP contribution in [0.3, 0.4) is 0 Å². The summed E-state index contributed by atoms with van der Waals surface area (Å²) in [6.45, 7) is 3.02. The van der Waals surface area contributed by atoms with Gasteiger partial charge in [0, 0.05) is 45.1 Å². The predicted octanol–water partition coefficient (Wildman–Crippen LogP) is 1.61. The topological polar surface area (TPSA) is 52.5 Å². The second kappa shape index (κ2) is 6.97. The molecular formula is C16H18F2N4O. The highest BCUT2D eigenvalue weighted by Gasteiger charge is 2.24. The van der Waals surface area contributed by atoms with Gasteiger partial charge in [0.2, 0.25) is 0 Å². The number of aliphatic hydroxyl groups is 1. The highest BCUT2D eigenvalue weighted by molar-refractivity contribution is 5.35. The van der Waals surface area contributed by atoms with Gasteiger partial charge in [0.25, 0.3) is 0 Å². The van der Waals surface area contributed by atoms with Crippen molar-refractivity contribution in [3.05, 3.63) is 54.0 Å². The van der Waals surface area contributed by atoms with E-state index < -0.39 is 17.7 Å². The van der Waals surface area contributed by atoms with E-state index in [-0.39, 0.29) is 12.1 Å². The third-order valence-corrected chi connectivity index (χ3v) is 4.01. The Morgan fingerprint density at radius 2 is 1.78 bits per heavy atom. The van der Waals surface area contributed by atoms with Crippen molar-refractivity contribution in [3.63, 3.8) is 0 Å². The maximum atomic E-state index is 13.7. The van der Waals surface area contributed by atoms with Gasteiger partial charge in [-0.15, -0.1) is 0 Å². The average molecular weight is 320 g/mol. The molecule has 0 amide bonds. The Hall–Kier alpha value is -2.12. The highest BCUT2D eigenvalue weighted by atomic mass is 19.1. The predicted molar refractivity (Wildman–Crippen MR) is 82.0 cm³/mol. The summed E-state index contributed by atoms with van der Waals surface area (Å²) >= 11 is 0. The Morgan fingerprint density at radius 1 is 1.09 bits per heavy atom. The van der Waals surface area contributed by atoms with Crippen LogP contribution in [-0.4, -0.2) is 52.7 Å². The maximum Gasteiger partial charge on any atom is 0.147 e. The molecule has 1 atom stereocenters. The normalized spacial score (nSPS) is 17.3. The summed E-state index contributed by atoms with van der Waals surface area (Å²) < 4.78 is 27.4. The number of hydrogen-bond donors (Lipinski definition) is 1. The summed E-state index contributed by atoms with van der Waals surface area (Å²) in [5.74, 6) is -0.612. The molecule has 1 saturated heterocycles. The first-order chi connectivity index (χ1) is 11.1. The second-order valence-corrected chi connectivity index (χ2v) is 5.50. The van der Waals surface area contributed by atoms with Crippen molar-refractivity contribution in [1.82, 2.24) is 14.9 Å². The summed E-state index contributed by atoms with van der Waals surface area (Å²) in [6, 6.07) is 3.61. The molecule has 0 saturated carbocycles. The van der Waals surface area contributed by atoms with Crippen molar-refractivity contribution in [1.29, 1.82) is 0 Å². The first-order valence-electron chi connectivity index (χ1n) is 7.50. The molecule has 1 aliphatic rings. The van der Waals surface area contributed by atoms with Gasteiger partial charge in [-0.05, 0) is 12.1 Å². The standard InChI is InChI=1S/C16H18F2N4O/c17-12-2-1-3-13(18)16(12)14(23)11-21-6-8-22(9-7-21)15-10-19-4-5-20-15/h1-5,10,14,23H,6-9,11H2. The Labute approximate surface area is 133 Å². The van der Waals surface area contributed by atoms with E-state index in [4.69, 9.17) is 0 Å². The molecule has 3 rings (SSSR count). The van der Waals surface area contributed by atoms with Gasteiger partial charge in [0.15, 0.2) is 0 Å². The smallest absolute Gasteiger partial charge is 0.147 e. The van der Waals surface area contributed by atoms with Crippen molar-refractivity contribution in [2.24, 2.45) is 0 Å². The molecule has 5 nitrogen and oxygen atoms in total. The highest BCUT2D eigenvalue weighted by Crippen LogP contribution is 2.22. The molecule has 23 heavy (non-hydrogen) atoms. The SMILES string of the molecule is OC(CN1CCN(c2cnccn2)CC1)c1c(F)cccc1F. The van der Waals surface area contributed by atoms with Gasteiger partial charge in [-0.2, -0.15) is 0 Å². The lowest BCUT2D eigenvalue weighted by molar-refractivity contribution is 0.103. The van der Waals surface area contributed by atoms with Crippen molar-refractivity contribution >= 4 is 5.82 Å². The average Bonchev–Trinajstić information content (AvgIpc) is 2.56. The Kier molecular flexibility index (Phi) is 4.78. The third-order valence-electron chi connectivity index (χ3n) is 4.01. The third kappa shape index (κ3) is 3.62. The van der Waals surface area contributed by atoms with Gasteiger partial charge < -0.3 is 10.0 Å². The van der Waals surface area contributed by atoms with E-state index in [9.17, 15) is 13.9 Å². The molecule has 7 heteroatoms. The van der Waals surface area contributed by atoms with Crippen LogP contribution in [0.25, 0.3) is 0 Å². The maximum absolute atomic E-state index is 13.7. The van der Waals surface area contributed by atoms with Crippen LogP contribution < -0.4 is 4.90 Å². The lowest BCUT2D eigenvalue weighted by atomic mass is 10.1. The fraction of sp³-hybridized carbons (Fsp3) is 0.375. The van der Waals surface area contributed by atoms with E-state index in [0.717, 1.165) is 31.0 Å². The number of halogens is 2. The van der Waals surface area contributed by atoms with E-state index in [1.165, 1.54) is 6.07 Å². The van der Waals surface area contributed by atoms with Gasteiger partial charge in [0.1, 0.15) is 17.5 Å². The van der Waals surface area contributed by atoms with E-state index in [2.05, 4.69) is 14.9 Å². The first-order valence-corrected chi connectivity index (χ1v) is 7.50. The summed E-state index contributed by atoms with van der Waals surface area (Å²) in [5.41, 5.74) is -0.260. The molecule has 0 radical (unpaired) electrons. The molecule has 1 N–H and O–H groups in total. The molecule has 0 spiro atoms. The van der Waals surface area contributed by atoms with Crippen molar-refractivity contribution in [2.75, 3.05) is 37.6 Å². The van der Waals surface area contributed by atoms with Crippen molar-refractivity contribution < 1.29 is 13.9 Å². The van der Waals surface area contributed by atoms with E-state index in [1.807, 2.05) is 4.90 Å². The molecule has 122 valence electrons. The Balaban J connectivity index is 1.58. The number of nitrogens with zero attached hydrogens (tertiary/aromatic N) is 4. The first kappa shape index (κ1) is 15.8. The molecule has 2 aromatic rings. The van der Waals surface area contributed by atoms with Crippen molar-refractivity contribution in [2.45, 2.75) is 6.10 Å². The zero-order valence-electron chi connectivity index (χ0n) is 12.6.